The Labute approximate surface area is 134 Å². The molecule has 0 aliphatic carbocycles. The SMILES string of the molecule is CCCCCN=C(NCC)NCCS(=O)(=O)N1CCOCC1. The van der Waals surface area contributed by atoms with Crippen molar-refractivity contribution in [3.05, 3.63) is 0 Å². The van der Waals surface area contributed by atoms with Crippen LogP contribution < -0.4 is 10.6 Å². The molecule has 7 nitrogen and oxygen atoms in total. The second-order valence-electron chi connectivity index (χ2n) is 5.22. The number of aliphatic imine (C=N–C) groups is 1. The summed E-state index contributed by atoms with van der Waals surface area (Å²) in [5, 5.41) is 6.23. The first-order valence-electron chi connectivity index (χ1n) is 8.18. The van der Waals surface area contributed by atoms with Gasteiger partial charge in [-0.2, -0.15) is 4.31 Å². The van der Waals surface area contributed by atoms with Crippen LogP contribution in [0.3, 0.4) is 0 Å². The zero-order valence-electron chi connectivity index (χ0n) is 13.8. The summed E-state index contributed by atoms with van der Waals surface area (Å²) >= 11 is 0. The average molecular weight is 334 g/mol. The van der Waals surface area contributed by atoms with Crippen LogP contribution in [-0.4, -0.2) is 70.4 Å². The molecule has 8 heteroatoms. The van der Waals surface area contributed by atoms with Gasteiger partial charge in [0.1, 0.15) is 0 Å². The summed E-state index contributed by atoms with van der Waals surface area (Å²) in [6.07, 6.45) is 3.38. The maximum Gasteiger partial charge on any atom is 0.215 e. The van der Waals surface area contributed by atoms with E-state index in [-0.39, 0.29) is 5.75 Å². The number of nitrogens with zero attached hydrogens (tertiary/aromatic N) is 2. The van der Waals surface area contributed by atoms with Crippen molar-refractivity contribution in [3.63, 3.8) is 0 Å². The van der Waals surface area contributed by atoms with Crippen molar-refractivity contribution in [2.75, 3.05) is 51.7 Å². The molecule has 0 bridgehead atoms. The Morgan fingerprint density at radius 3 is 2.55 bits per heavy atom. The fraction of sp³-hybridized carbons (Fsp3) is 0.929. The molecule has 1 heterocycles. The highest BCUT2D eigenvalue weighted by Gasteiger charge is 2.23. The first-order valence-corrected chi connectivity index (χ1v) is 9.78. The summed E-state index contributed by atoms with van der Waals surface area (Å²) in [5.74, 6) is 0.766. The molecule has 0 atom stereocenters. The van der Waals surface area contributed by atoms with Crippen LogP contribution in [-0.2, 0) is 14.8 Å². The van der Waals surface area contributed by atoms with Gasteiger partial charge in [-0.05, 0) is 13.3 Å². The van der Waals surface area contributed by atoms with Crippen LogP contribution in [0.4, 0.5) is 0 Å². The Balaban J connectivity index is 2.37. The van der Waals surface area contributed by atoms with E-state index in [0.717, 1.165) is 32.4 Å². The third-order valence-corrected chi connectivity index (χ3v) is 5.26. The number of nitrogens with one attached hydrogen (secondary N) is 2. The van der Waals surface area contributed by atoms with E-state index in [1.807, 2.05) is 6.92 Å². The van der Waals surface area contributed by atoms with Gasteiger partial charge in [-0.25, -0.2) is 8.42 Å². The van der Waals surface area contributed by atoms with Gasteiger partial charge in [0.2, 0.25) is 10.0 Å². The van der Waals surface area contributed by atoms with Crippen molar-refractivity contribution in [1.29, 1.82) is 0 Å². The highest BCUT2D eigenvalue weighted by atomic mass is 32.2. The normalized spacial score (nSPS) is 17.5. The van der Waals surface area contributed by atoms with E-state index in [0.29, 0.717) is 38.8 Å². The molecule has 0 amide bonds. The van der Waals surface area contributed by atoms with Crippen LogP contribution in [0.1, 0.15) is 33.1 Å². The topological polar surface area (TPSA) is 83.0 Å². The third-order valence-electron chi connectivity index (χ3n) is 3.39. The van der Waals surface area contributed by atoms with Gasteiger partial charge in [0.25, 0.3) is 0 Å². The summed E-state index contributed by atoms with van der Waals surface area (Å²) in [7, 11) is -3.22. The first kappa shape index (κ1) is 19.2. The van der Waals surface area contributed by atoms with Gasteiger partial charge < -0.3 is 15.4 Å². The molecule has 0 radical (unpaired) electrons. The summed E-state index contributed by atoms with van der Waals surface area (Å²) < 4.78 is 31.1. The molecule has 1 rings (SSSR count). The smallest absolute Gasteiger partial charge is 0.215 e. The lowest BCUT2D eigenvalue weighted by molar-refractivity contribution is 0.0730. The second-order valence-corrected chi connectivity index (χ2v) is 7.31. The molecule has 0 saturated carbocycles. The molecule has 0 spiro atoms. The van der Waals surface area contributed by atoms with E-state index in [1.165, 1.54) is 4.31 Å². The van der Waals surface area contributed by atoms with E-state index in [9.17, 15) is 8.42 Å². The van der Waals surface area contributed by atoms with Crippen LogP contribution >= 0.6 is 0 Å². The minimum atomic E-state index is -3.22. The van der Waals surface area contributed by atoms with Crippen molar-refractivity contribution in [1.82, 2.24) is 14.9 Å². The average Bonchev–Trinajstić information content (AvgIpc) is 2.52. The Bertz CT molecular complexity index is 420. The van der Waals surface area contributed by atoms with Crippen LogP contribution in [0.2, 0.25) is 0 Å². The van der Waals surface area contributed by atoms with Crippen molar-refractivity contribution >= 4 is 16.0 Å². The zero-order chi connectivity index (χ0) is 16.3. The number of morpholine rings is 1. The van der Waals surface area contributed by atoms with Crippen LogP contribution in [0.15, 0.2) is 4.99 Å². The molecule has 2 N–H and O–H groups in total. The number of unbranched alkanes of at least 4 members (excludes halogenated alkanes) is 2. The molecule has 22 heavy (non-hydrogen) atoms. The molecular weight excluding hydrogens is 304 g/mol. The minimum absolute atomic E-state index is 0.0758. The molecule has 0 aromatic carbocycles. The number of ether oxygens (including phenoxy) is 1. The number of rotatable bonds is 9. The molecule has 0 aromatic rings. The third kappa shape index (κ3) is 7.42. The van der Waals surface area contributed by atoms with E-state index >= 15 is 0 Å². The predicted molar refractivity (Wildman–Crippen MR) is 89.7 cm³/mol. The molecule has 1 fully saturated rings. The largest absolute Gasteiger partial charge is 0.379 e. The van der Waals surface area contributed by atoms with Crippen LogP contribution in [0.25, 0.3) is 0 Å². The van der Waals surface area contributed by atoms with Crippen molar-refractivity contribution < 1.29 is 13.2 Å². The van der Waals surface area contributed by atoms with Gasteiger partial charge in [0, 0.05) is 32.7 Å². The molecule has 130 valence electrons. The maximum atomic E-state index is 12.2. The Morgan fingerprint density at radius 2 is 1.91 bits per heavy atom. The van der Waals surface area contributed by atoms with Crippen molar-refractivity contribution in [2.24, 2.45) is 4.99 Å². The van der Waals surface area contributed by atoms with Gasteiger partial charge in [-0.1, -0.05) is 19.8 Å². The van der Waals surface area contributed by atoms with Crippen molar-refractivity contribution in [2.45, 2.75) is 33.1 Å². The molecule has 1 saturated heterocycles. The molecule has 0 unspecified atom stereocenters. The molecule has 0 aromatic heterocycles. The van der Waals surface area contributed by atoms with Gasteiger partial charge in [-0.3, -0.25) is 4.99 Å². The number of hydrogen-bond acceptors (Lipinski definition) is 4. The summed E-state index contributed by atoms with van der Waals surface area (Å²) in [4.78, 5) is 4.45. The zero-order valence-corrected chi connectivity index (χ0v) is 14.6. The van der Waals surface area contributed by atoms with Crippen LogP contribution in [0.5, 0.6) is 0 Å². The Kier molecular flexibility index (Phi) is 9.42. The highest BCUT2D eigenvalue weighted by molar-refractivity contribution is 7.89. The maximum absolute atomic E-state index is 12.2. The molecule has 1 aliphatic rings. The van der Waals surface area contributed by atoms with Crippen molar-refractivity contribution in [3.8, 4) is 0 Å². The lowest BCUT2D eigenvalue weighted by atomic mass is 10.2. The quantitative estimate of drug-likeness (QED) is 0.362. The number of hydrogen-bond donors (Lipinski definition) is 2. The lowest BCUT2D eigenvalue weighted by Gasteiger charge is -2.26. The first-order chi connectivity index (χ1) is 10.6. The summed E-state index contributed by atoms with van der Waals surface area (Å²) in [6.45, 7) is 7.90. The van der Waals surface area contributed by atoms with Gasteiger partial charge in [0.15, 0.2) is 5.96 Å². The molecule has 1 aliphatic heterocycles. The van der Waals surface area contributed by atoms with Crippen LogP contribution in [0, 0.1) is 0 Å². The Morgan fingerprint density at radius 1 is 1.18 bits per heavy atom. The fourth-order valence-corrected chi connectivity index (χ4v) is 3.47. The Hall–Kier alpha value is -0.860. The predicted octanol–water partition coefficient (Wildman–Crippen LogP) is 0.394. The standard InChI is InChI=1S/C14H30N4O3S/c1-3-5-6-7-16-14(15-4-2)17-8-13-22(19,20)18-9-11-21-12-10-18/h3-13H2,1-2H3,(H2,15,16,17). The number of guanidine groups is 1. The van der Waals surface area contributed by atoms with Gasteiger partial charge in [-0.15, -0.1) is 0 Å². The van der Waals surface area contributed by atoms with Gasteiger partial charge >= 0.3 is 0 Å². The fourth-order valence-electron chi connectivity index (χ4n) is 2.15. The van der Waals surface area contributed by atoms with E-state index in [4.69, 9.17) is 4.74 Å². The highest BCUT2D eigenvalue weighted by Crippen LogP contribution is 2.04. The summed E-state index contributed by atoms with van der Waals surface area (Å²) in [5.41, 5.74) is 0. The molecular formula is C14H30N4O3S. The lowest BCUT2D eigenvalue weighted by Crippen LogP contribution is -2.45. The second kappa shape index (κ2) is 10.8. The van der Waals surface area contributed by atoms with Gasteiger partial charge in [0.05, 0.1) is 19.0 Å². The van der Waals surface area contributed by atoms with E-state index in [2.05, 4.69) is 22.5 Å². The monoisotopic (exact) mass is 334 g/mol. The minimum Gasteiger partial charge on any atom is -0.379 e. The summed E-state index contributed by atoms with van der Waals surface area (Å²) in [6, 6.07) is 0. The van der Waals surface area contributed by atoms with E-state index in [1.54, 1.807) is 0 Å². The van der Waals surface area contributed by atoms with E-state index < -0.39 is 10.0 Å². The number of sulfonamides is 1.